The van der Waals surface area contributed by atoms with E-state index in [-0.39, 0.29) is 24.3 Å². The first-order chi connectivity index (χ1) is 13.0. The fourth-order valence-electron chi connectivity index (χ4n) is 3.06. The molecule has 0 saturated carbocycles. The highest BCUT2D eigenvalue weighted by Gasteiger charge is 2.32. The van der Waals surface area contributed by atoms with Crippen LogP contribution in [0.15, 0.2) is 36.5 Å². The second kappa shape index (κ2) is 8.16. The number of fused-ring (bicyclic) bond motifs is 1. The first-order valence-corrected chi connectivity index (χ1v) is 9.07. The van der Waals surface area contributed by atoms with Gasteiger partial charge in [0.05, 0.1) is 17.1 Å². The molecule has 1 saturated heterocycles. The monoisotopic (exact) mass is 369 g/mol. The number of esters is 1. The molecule has 3 rings (SSSR count). The first-order valence-electron chi connectivity index (χ1n) is 9.07. The standard InChI is InChI=1S/C20H23N3O4/c1-12(2)18(27-20(26)13-8-9-17(24)22-11-13)19(25)23-16-7-3-6-15-14(16)5-4-10-21-15/h3-7,10,12-13,18H,8-9,11H2,1-2H3,(H,22,24)(H,23,25)/t13-,18-/m0/s1. The van der Waals surface area contributed by atoms with Crippen molar-refractivity contribution in [1.82, 2.24) is 10.3 Å². The van der Waals surface area contributed by atoms with E-state index in [1.807, 2.05) is 32.0 Å². The molecule has 1 aromatic heterocycles. The molecule has 1 aromatic carbocycles. The highest BCUT2D eigenvalue weighted by molar-refractivity contribution is 6.03. The van der Waals surface area contributed by atoms with Crippen LogP contribution in [0.2, 0.25) is 0 Å². The molecule has 2 N–H and O–H groups in total. The third-order valence-corrected chi connectivity index (χ3v) is 4.61. The zero-order chi connectivity index (χ0) is 19.4. The molecule has 27 heavy (non-hydrogen) atoms. The summed E-state index contributed by atoms with van der Waals surface area (Å²) in [7, 11) is 0. The number of ether oxygens (including phenoxy) is 1. The van der Waals surface area contributed by atoms with Crippen molar-refractivity contribution in [2.75, 3.05) is 11.9 Å². The molecule has 2 aromatic rings. The summed E-state index contributed by atoms with van der Waals surface area (Å²) < 4.78 is 5.51. The van der Waals surface area contributed by atoms with Crippen LogP contribution in [-0.4, -0.2) is 35.4 Å². The number of piperidine rings is 1. The minimum absolute atomic E-state index is 0.0678. The van der Waals surface area contributed by atoms with Crippen molar-refractivity contribution in [3.8, 4) is 0 Å². The molecule has 7 nitrogen and oxygen atoms in total. The Labute approximate surface area is 157 Å². The summed E-state index contributed by atoms with van der Waals surface area (Å²) in [6, 6.07) is 9.14. The van der Waals surface area contributed by atoms with Crippen molar-refractivity contribution in [3.05, 3.63) is 36.5 Å². The van der Waals surface area contributed by atoms with Gasteiger partial charge in [0, 0.05) is 24.5 Å². The van der Waals surface area contributed by atoms with Gasteiger partial charge in [-0.25, -0.2) is 0 Å². The number of amides is 2. The number of rotatable bonds is 5. The summed E-state index contributed by atoms with van der Waals surface area (Å²) in [5, 5.41) is 6.33. The SMILES string of the molecule is CC(C)[C@H](OC(=O)[C@H]1CCC(=O)NC1)C(=O)Nc1cccc2ncccc12. The largest absolute Gasteiger partial charge is 0.452 e. The summed E-state index contributed by atoms with van der Waals surface area (Å²) in [5.74, 6) is -1.52. The second-order valence-electron chi connectivity index (χ2n) is 7.01. The number of nitrogens with one attached hydrogen (secondary N) is 2. The van der Waals surface area contributed by atoms with Gasteiger partial charge in [0.15, 0.2) is 6.10 Å². The molecule has 2 amide bonds. The topological polar surface area (TPSA) is 97.4 Å². The van der Waals surface area contributed by atoms with Crippen molar-refractivity contribution >= 4 is 34.4 Å². The van der Waals surface area contributed by atoms with E-state index in [1.165, 1.54) is 0 Å². The van der Waals surface area contributed by atoms with E-state index in [0.717, 1.165) is 10.9 Å². The smallest absolute Gasteiger partial charge is 0.311 e. The normalized spacial score (nSPS) is 18.0. The molecule has 1 aliphatic rings. The Hall–Kier alpha value is -2.96. The van der Waals surface area contributed by atoms with Gasteiger partial charge in [-0.2, -0.15) is 0 Å². The molecule has 0 bridgehead atoms. The minimum atomic E-state index is -0.915. The molecule has 0 radical (unpaired) electrons. The molecule has 2 heterocycles. The average molecular weight is 369 g/mol. The van der Waals surface area contributed by atoms with Crippen LogP contribution in [0.4, 0.5) is 5.69 Å². The maximum atomic E-state index is 12.8. The molecule has 2 atom stereocenters. The number of carbonyl (C=O) groups is 3. The van der Waals surface area contributed by atoms with Gasteiger partial charge in [-0.1, -0.05) is 19.9 Å². The predicted octanol–water partition coefficient (Wildman–Crippen LogP) is 2.27. The Morgan fingerprint density at radius 3 is 2.78 bits per heavy atom. The van der Waals surface area contributed by atoms with Crippen LogP contribution < -0.4 is 10.6 Å². The van der Waals surface area contributed by atoms with E-state index in [4.69, 9.17) is 4.74 Å². The van der Waals surface area contributed by atoms with E-state index in [2.05, 4.69) is 15.6 Å². The summed E-state index contributed by atoms with van der Waals surface area (Å²) in [4.78, 5) is 40.7. The zero-order valence-corrected chi connectivity index (χ0v) is 15.4. The summed E-state index contributed by atoms with van der Waals surface area (Å²) in [5.41, 5.74) is 1.39. The highest BCUT2D eigenvalue weighted by Crippen LogP contribution is 2.23. The third-order valence-electron chi connectivity index (χ3n) is 4.61. The summed E-state index contributed by atoms with van der Waals surface area (Å²) in [6.07, 6.45) is 1.50. The molecule has 142 valence electrons. The lowest BCUT2D eigenvalue weighted by Gasteiger charge is -2.26. The number of hydrogen-bond acceptors (Lipinski definition) is 5. The Morgan fingerprint density at radius 2 is 2.07 bits per heavy atom. The summed E-state index contributed by atoms with van der Waals surface area (Å²) in [6.45, 7) is 3.90. The van der Waals surface area contributed by atoms with Gasteiger partial charge in [-0.15, -0.1) is 0 Å². The van der Waals surface area contributed by atoms with Gasteiger partial charge in [0.1, 0.15) is 0 Å². The van der Waals surface area contributed by atoms with Crippen LogP contribution in [0, 0.1) is 11.8 Å². The fourth-order valence-corrected chi connectivity index (χ4v) is 3.06. The molecule has 0 aliphatic carbocycles. The maximum absolute atomic E-state index is 12.8. The highest BCUT2D eigenvalue weighted by atomic mass is 16.5. The molecule has 0 unspecified atom stereocenters. The van der Waals surface area contributed by atoms with Crippen molar-refractivity contribution in [2.24, 2.45) is 11.8 Å². The molecule has 1 fully saturated rings. The number of nitrogens with zero attached hydrogens (tertiary/aromatic N) is 1. The van der Waals surface area contributed by atoms with Gasteiger partial charge in [-0.05, 0) is 36.6 Å². The van der Waals surface area contributed by atoms with Crippen molar-refractivity contribution in [3.63, 3.8) is 0 Å². The van der Waals surface area contributed by atoms with Crippen LogP contribution in [0.1, 0.15) is 26.7 Å². The number of anilines is 1. The Kier molecular flexibility index (Phi) is 5.69. The van der Waals surface area contributed by atoms with Gasteiger partial charge >= 0.3 is 5.97 Å². The van der Waals surface area contributed by atoms with E-state index in [1.54, 1.807) is 18.3 Å². The Bertz CT molecular complexity index is 850. The van der Waals surface area contributed by atoms with Crippen LogP contribution in [0.5, 0.6) is 0 Å². The van der Waals surface area contributed by atoms with E-state index in [9.17, 15) is 14.4 Å². The van der Waals surface area contributed by atoms with Gasteiger partial charge < -0.3 is 15.4 Å². The van der Waals surface area contributed by atoms with Crippen LogP contribution >= 0.6 is 0 Å². The number of aromatic nitrogens is 1. The Balaban J connectivity index is 1.71. The van der Waals surface area contributed by atoms with Crippen molar-refractivity contribution in [2.45, 2.75) is 32.8 Å². The van der Waals surface area contributed by atoms with E-state index in [0.29, 0.717) is 18.5 Å². The van der Waals surface area contributed by atoms with Crippen molar-refractivity contribution < 1.29 is 19.1 Å². The number of benzene rings is 1. The molecular weight excluding hydrogens is 346 g/mol. The third kappa shape index (κ3) is 4.42. The number of carbonyl (C=O) groups excluding carboxylic acids is 3. The number of hydrogen-bond donors (Lipinski definition) is 2. The lowest BCUT2D eigenvalue weighted by atomic mass is 9.99. The van der Waals surface area contributed by atoms with Crippen LogP contribution in [0.25, 0.3) is 10.9 Å². The van der Waals surface area contributed by atoms with Gasteiger partial charge in [0.2, 0.25) is 5.91 Å². The van der Waals surface area contributed by atoms with E-state index >= 15 is 0 Å². The number of pyridine rings is 1. The maximum Gasteiger partial charge on any atom is 0.311 e. The van der Waals surface area contributed by atoms with Crippen LogP contribution in [0.3, 0.4) is 0 Å². The van der Waals surface area contributed by atoms with Gasteiger partial charge in [-0.3, -0.25) is 19.4 Å². The molecule has 0 spiro atoms. The van der Waals surface area contributed by atoms with Crippen molar-refractivity contribution in [1.29, 1.82) is 0 Å². The van der Waals surface area contributed by atoms with E-state index < -0.39 is 18.0 Å². The quantitative estimate of drug-likeness (QED) is 0.788. The lowest BCUT2D eigenvalue weighted by molar-refractivity contribution is -0.161. The lowest BCUT2D eigenvalue weighted by Crippen LogP contribution is -2.43. The first kappa shape index (κ1) is 18.8. The molecule has 7 heteroatoms. The summed E-state index contributed by atoms with van der Waals surface area (Å²) >= 11 is 0. The van der Waals surface area contributed by atoms with Crippen LogP contribution in [-0.2, 0) is 19.1 Å². The van der Waals surface area contributed by atoms with Gasteiger partial charge in [0.25, 0.3) is 5.91 Å². The molecular formula is C20H23N3O4. The Morgan fingerprint density at radius 1 is 1.26 bits per heavy atom. The fraction of sp³-hybridized carbons (Fsp3) is 0.400. The molecule has 1 aliphatic heterocycles. The average Bonchev–Trinajstić information content (AvgIpc) is 2.66. The minimum Gasteiger partial charge on any atom is -0.452 e. The zero-order valence-electron chi connectivity index (χ0n) is 15.4. The second-order valence-corrected chi connectivity index (χ2v) is 7.01. The predicted molar refractivity (Wildman–Crippen MR) is 101 cm³/mol.